The Hall–Kier alpha value is -4.81. The lowest BCUT2D eigenvalue weighted by molar-refractivity contribution is -0.222. The molecule has 322 valence electrons. The van der Waals surface area contributed by atoms with Crippen LogP contribution in [0.5, 0.6) is 17.4 Å². The summed E-state index contributed by atoms with van der Waals surface area (Å²) in [5.41, 5.74) is -4.74. The van der Waals surface area contributed by atoms with Crippen molar-refractivity contribution in [2.75, 3.05) is 19.8 Å². The quantitative estimate of drug-likeness (QED) is 0.305. The van der Waals surface area contributed by atoms with Crippen molar-refractivity contribution in [2.45, 2.75) is 120 Å². The summed E-state index contributed by atoms with van der Waals surface area (Å²) in [6.07, 6.45) is -1.11. The zero-order valence-corrected chi connectivity index (χ0v) is 34.1. The molecule has 3 aliphatic heterocycles. The fraction of sp³-hybridized carbons (Fsp3) is 0.625. The number of ether oxygens (including phenoxy) is 3. The average Bonchev–Trinajstić information content (AvgIpc) is 4.10. The van der Waals surface area contributed by atoms with Crippen LogP contribution < -0.4 is 24.2 Å². The van der Waals surface area contributed by atoms with E-state index in [4.69, 9.17) is 14.2 Å². The van der Waals surface area contributed by atoms with Crippen LogP contribution in [0.1, 0.15) is 79.1 Å². The van der Waals surface area contributed by atoms with E-state index in [2.05, 4.69) is 15.0 Å². The normalized spacial score (nSPS) is 29.6. The molecule has 3 N–H and O–H groups in total. The Balaban J connectivity index is 1.30. The van der Waals surface area contributed by atoms with E-state index < -0.39 is 86.4 Å². The number of carboxylic acid groups (broad SMARTS) is 1. The fourth-order valence-electron chi connectivity index (χ4n) is 8.66. The average molecular weight is 850 g/mol. The monoisotopic (exact) mass is 849 g/mol. The van der Waals surface area contributed by atoms with E-state index in [0.717, 1.165) is 4.90 Å². The molecule has 1 aromatic heterocycles. The summed E-state index contributed by atoms with van der Waals surface area (Å²) in [7, 11) is -4.03. The maximum absolute atomic E-state index is 15.2. The molecule has 19 heteroatoms. The van der Waals surface area contributed by atoms with Gasteiger partial charge in [-0.05, 0) is 82.4 Å². The number of carbonyl (C=O) groups excluding carboxylic acids is 3. The number of rotatable bonds is 8. The molecular weight excluding hydrogens is 800 g/mol. The van der Waals surface area contributed by atoms with Gasteiger partial charge in [0, 0.05) is 29.3 Å². The van der Waals surface area contributed by atoms with Gasteiger partial charge >= 0.3 is 12.3 Å². The van der Waals surface area contributed by atoms with Gasteiger partial charge in [-0.2, -0.15) is 13.2 Å². The molecule has 15 nitrogen and oxygen atoms in total. The summed E-state index contributed by atoms with van der Waals surface area (Å²) in [6, 6.07) is 1.74. The molecule has 1 aromatic carbocycles. The molecule has 2 aliphatic carbocycles. The zero-order chi connectivity index (χ0) is 42.7. The van der Waals surface area contributed by atoms with Gasteiger partial charge in [0.05, 0.1) is 11.8 Å². The number of nitrogens with zero attached hydrogens (tertiary/aromatic N) is 3. The third-order valence-electron chi connectivity index (χ3n) is 12.4. The highest BCUT2D eigenvalue weighted by Crippen LogP contribution is 2.47. The Bertz CT molecular complexity index is 2150. The smallest absolute Gasteiger partial charge is 0.411 e. The number of hydrogen-bond donors (Lipinski definition) is 3. The van der Waals surface area contributed by atoms with Crippen molar-refractivity contribution in [1.82, 2.24) is 24.8 Å². The van der Waals surface area contributed by atoms with Gasteiger partial charge in [-0.3, -0.25) is 24.0 Å². The second-order valence-corrected chi connectivity index (χ2v) is 18.9. The molecule has 3 fully saturated rings. The zero-order valence-electron chi connectivity index (χ0n) is 33.3. The SMILES string of the molecule is CC[C@@H]1C[C@H](C)CC/C=C\[C@@H]2C[C@@]2(C(=O)NS(=O)(=O)C2CC2)NC(=O)[C@@H]2C[C@@H](Oc3nccc4c5c(ccc34)OCCO5)CN2C(=O)[C@H]1N(C(=O)O)C(C)(C)C(F)(F)F. The van der Waals surface area contributed by atoms with E-state index in [1.165, 1.54) is 6.20 Å². The Labute approximate surface area is 340 Å². The summed E-state index contributed by atoms with van der Waals surface area (Å²) in [6.45, 7) is 5.26. The first kappa shape index (κ1) is 42.3. The molecule has 7 atom stereocenters. The highest BCUT2D eigenvalue weighted by molar-refractivity contribution is 7.91. The molecule has 59 heavy (non-hydrogen) atoms. The molecular formula is C40H50F3N5O10S. The molecule has 2 aromatic rings. The van der Waals surface area contributed by atoms with Crippen LogP contribution in [0, 0.1) is 17.8 Å². The number of amides is 4. The second-order valence-electron chi connectivity index (χ2n) is 16.9. The Morgan fingerprint density at radius 2 is 1.83 bits per heavy atom. The largest absolute Gasteiger partial charge is 0.486 e. The molecule has 5 aliphatic rings. The topological polar surface area (TPSA) is 194 Å². The minimum Gasteiger partial charge on any atom is -0.486 e. The van der Waals surface area contributed by atoms with E-state index in [1.807, 2.05) is 13.0 Å². The molecule has 4 heterocycles. The molecule has 0 radical (unpaired) electrons. The molecule has 0 spiro atoms. The molecule has 7 rings (SSSR count). The molecule has 4 amide bonds. The summed E-state index contributed by atoms with van der Waals surface area (Å²) in [5, 5.41) is 13.7. The van der Waals surface area contributed by atoms with E-state index in [1.54, 1.807) is 31.2 Å². The number of allylic oxidation sites excluding steroid dienone is 1. The number of pyridine rings is 1. The van der Waals surface area contributed by atoms with Gasteiger partial charge in [0.1, 0.15) is 42.5 Å². The summed E-state index contributed by atoms with van der Waals surface area (Å²) < 4.78 is 90.4. The van der Waals surface area contributed by atoms with Crippen LogP contribution in [0.3, 0.4) is 0 Å². The number of hydrogen-bond acceptors (Lipinski definition) is 10. The van der Waals surface area contributed by atoms with Crippen molar-refractivity contribution < 1.29 is 60.1 Å². The van der Waals surface area contributed by atoms with E-state index >= 15 is 4.79 Å². The molecule has 0 bridgehead atoms. The van der Waals surface area contributed by atoms with Gasteiger partial charge in [0.2, 0.25) is 27.7 Å². The Morgan fingerprint density at radius 3 is 2.51 bits per heavy atom. The summed E-state index contributed by atoms with van der Waals surface area (Å²) in [4.78, 5) is 62.3. The van der Waals surface area contributed by atoms with Crippen LogP contribution in [0.4, 0.5) is 18.0 Å². The van der Waals surface area contributed by atoms with Crippen LogP contribution >= 0.6 is 0 Å². The van der Waals surface area contributed by atoms with Crippen LogP contribution in [0.2, 0.25) is 0 Å². The first-order chi connectivity index (χ1) is 27.8. The Kier molecular flexibility index (Phi) is 11.2. The second kappa shape index (κ2) is 15.7. The third-order valence-corrected chi connectivity index (χ3v) is 14.2. The summed E-state index contributed by atoms with van der Waals surface area (Å²) >= 11 is 0. The van der Waals surface area contributed by atoms with E-state index in [0.29, 0.717) is 75.0 Å². The fourth-order valence-corrected chi connectivity index (χ4v) is 10.0. The number of alkyl halides is 3. The minimum atomic E-state index is -5.10. The van der Waals surface area contributed by atoms with Gasteiger partial charge in [-0.15, -0.1) is 0 Å². The van der Waals surface area contributed by atoms with Crippen LogP contribution in [0.15, 0.2) is 36.5 Å². The van der Waals surface area contributed by atoms with Gasteiger partial charge in [-0.25, -0.2) is 18.2 Å². The lowest BCUT2D eigenvalue weighted by atomic mass is 9.82. The highest BCUT2D eigenvalue weighted by atomic mass is 32.2. The van der Waals surface area contributed by atoms with Crippen LogP contribution in [0.25, 0.3) is 10.8 Å². The van der Waals surface area contributed by atoms with Crippen molar-refractivity contribution in [1.29, 1.82) is 0 Å². The summed E-state index contributed by atoms with van der Waals surface area (Å²) in [5.74, 6) is -3.44. The van der Waals surface area contributed by atoms with E-state index in [-0.39, 0.29) is 48.9 Å². The predicted molar refractivity (Wildman–Crippen MR) is 206 cm³/mol. The predicted octanol–water partition coefficient (Wildman–Crippen LogP) is 4.93. The van der Waals surface area contributed by atoms with Gasteiger partial charge in [-0.1, -0.05) is 32.4 Å². The molecule has 2 saturated carbocycles. The van der Waals surface area contributed by atoms with Gasteiger partial charge in [0.25, 0.3) is 5.91 Å². The van der Waals surface area contributed by atoms with Crippen molar-refractivity contribution in [3.63, 3.8) is 0 Å². The van der Waals surface area contributed by atoms with Crippen molar-refractivity contribution in [3.05, 3.63) is 36.5 Å². The maximum atomic E-state index is 15.2. The number of aromatic nitrogens is 1. The maximum Gasteiger partial charge on any atom is 0.411 e. The highest BCUT2D eigenvalue weighted by Gasteiger charge is 2.63. The van der Waals surface area contributed by atoms with E-state index in [9.17, 15) is 41.1 Å². The first-order valence-electron chi connectivity index (χ1n) is 20.1. The van der Waals surface area contributed by atoms with Crippen molar-refractivity contribution >= 4 is 44.6 Å². The number of benzene rings is 1. The third kappa shape index (κ3) is 8.10. The number of carbonyl (C=O) groups is 4. The standard InChI is InChI=1S/C40H50F3N5O10S/c1-5-23-18-22(2)8-6-7-9-24-20-39(24,36(51)46-59(54,55)26-10-11-26)45-33(49)29-19-25(21-47(29)35(50)31(23)48(37(52)53)38(3,4)40(41,42)43)58-34-28-12-13-30-32(57-17-16-56-30)27(28)14-15-44-34/h7,9,12-15,22-26,29,31H,5-6,8,10-11,16-21H2,1-4H3,(H,45,49)(H,46,51)(H,52,53)/b9-7-/t22-,23-,24-,25-,29+,31+,39-/m1/s1. The number of fused-ring (bicyclic) bond motifs is 5. The van der Waals surface area contributed by atoms with Gasteiger partial charge in [0.15, 0.2) is 11.5 Å². The van der Waals surface area contributed by atoms with Crippen LogP contribution in [-0.4, -0.2) is 113 Å². The lowest BCUT2D eigenvalue weighted by Gasteiger charge is -2.46. The molecule has 0 unspecified atom stereocenters. The van der Waals surface area contributed by atoms with Crippen molar-refractivity contribution in [2.24, 2.45) is 17.8 Å². The number of sulfonamides is 1. The first-order valence-corrected chi connectivity index (χ1v) is 21.6. The number of halogens is 3. The Morgan fingerprint density at radius 1 is 1.10 bits per heavy atom. The van der Waals surface area contributed by atoms with Crippen LogP contribution in [-0.2, 0) is 24.4 Å². The van der Waals surface area contributed by atoms with Gasteiger partial charge < -0.3 is 29.5 Å². The number of nitrogens with one attached hydrogen (secondary N) is 2. The molecule has 1 saturated heterocycles. The van der Waals surface area contributed by atoms with Crippen molar-refractivity contribution in [3.8, 4) is 17.4 Å². The lowest BCUT2D eigenvalue weighted by Crippen LogP contribution is -2.66. The minimum absolute atomic E-state index is 0.0561.